The van der Waals surface area contributed by atoms with Crippen LogP contribution >= 0.6 is 11.3 Å². The van der Waals surface area contributed by atoms with Crippen LogP contribution in [0, 0.1) is 5.92 Å². The minimum atomic E-state index is -1.15. The average Bonchev–Trinajstić information content (AvgIpc) is 2.79. The molecule has 1 aliphatic heterocycles. The molecule has 2 N–H and O–H groups in total. The van der Waals surface area contributed by atoms with Gasteiger partial charge in [0, 0.05) is 23.0 Å². The number of rotatable bonds is 3. The van der Waals surface area contributed by atoms with Gasteiger partial charge in [0.15, 0.2) is 0 Å². The number of allylic oxidation sites excluding steroid dienone is 1. The number of hydrogen-bond acceptors (Lipinski definition) is 5. The number of carboxylic acid groups (broad SMARTS) is 2. The van der Waals surface area contributed by atoms with Gasteiger partial charge in [-0.25, -0.2) is 9.78 Å². The summed E-state index contributed by atoms with van der Waals surface area (Å²) in [6, 6.07) is 0. The highest BCUT2D eigenvalue weighted by molar-refractivity contribution is 7.09. The Morgan fingerprint density at radius 1 is 1.32 bits per heavy atom. The van der Waals surface area contributed by atoms with E-state index in [0.29, 0.717) is 16.4 Å². The number of aromatic nitrogens is 1. The van der Waals surface area contributed by atoms with Crippen LogP contribution in [-0.2, 0) is 9.59 Å². The predicted molar refractivity (Wildman–Crippen MR) is 69.4 cm³/mol. The zero-order valence-corrected chi connectivity index (χ0v) is 11.1. The maximum Gasteiger partial charge on any atom is 0.334 e. The molecule has 0 spiro atoms. The third kappa shape index (κ3) is 2.28. The Hall–Kier alpha value is -2.02. The summed E-state index contributed by atoms with van der Waals surface area (Å²) in [6.07, 6.45) is 1.54. The Labute approximate surface area is 113 Å². The summed E-state index contributed by atoms with van der Waals surface area (Å²) in [6.45, 7) is 3.17. The highest BCUT2D eigenvalue weighted by atomic mass is 32.1. The molecule has 2 rings (SSSR count). The van der Waals surface area contributed by atoms with Crippen molar-refractivity contribution in [2.75, 3.05) is 0 Å². The summed E-state index contributed by atoms with van der Waals surface area (Å²) in [4.78, 5) is 31.0. The number of aliphatic imine (C=N–C) groups is 1. The summed E-state index contributed by atoms with van der Waals surface area (Å²) < 4.78 is 0. The molecule has 1 aromatic heterocycles. The van der Waals surface area contributed by atoms with E-state index in [-0.39, 0.29) is 5.57 Å². The largest absolute Gasteiger partial charge is 0.481 e. The van der Waals surface area contributed by atoms with Crippen molar-refractivity contribution in [2.45, 2.75) is 19.8 Å². The van der Waals surface area contributed by atoms with Crippen LogP contribution in [0.5, 0.6) is 0 Å². The van der Waals surface area contributed by atoms with Crippen LogP contribution in [0.2, 0.25) is 0 Å². The molecule has 100 valence electrons. The number of carboxylic acids is 2. The van der Waals surface area contributed by atoms with Crippen molar-refractivity contribution in [3.05, 3.63) is 27.9 Å². The molecule has 19 heavy (non-hydrogen) atoms. The maximum absolute atomic E-state index is 11.4. The fourth-order valence-corrected chi connectivity index (χ4v) is 3.07. The molecule has 0 saturated heterocycles. The Morgan fingerprint density at radius 2 is 2.00 bits per heavy atom. The Balaban J connectivity index is 2.63. The lowest BCUT2D eigenvalue weighted by atomic mass is 9.80. The maximum atomic E-state index is 11.4. The number of nitrogens with zero attached hydrogens (tertiary/aromatic N) is 2. The number of thiazole rings is 1. The summed E-state index contributed by atoms with van der Waals surface area (Å²) >= 11 is 1.25. The van der Waals surface area contributed by atoms with E-state index in [1.54, 1.807) is 19.2 Å². The number of hydrogen-bond donors (Lipinski definition) is 2. The van der Waals surface area contributed by atoms with Gasteiger partial charge in [0.05, 0.1) is 11.5 Å². The van der Waals surface area contributed by atoms with Crippen molar-refractivity contribution in [3.8, 4) is 0 Å². The second-order valence-corrected chi connectivity index (χ2v) is 5.15. The highest BCUT2D eigenvalue weighted by Crippen LogP contribution is 2.39. The van der Waals surface area contributed by atoms with E-state index in [4.69, 9.17) is 0 Å². The molecule has 0 amide bonds. The molecule has 2 unspecified atom stereocenters. The standard InChI is InChI=1S/C12H12N2O4S/c1-5-7(11(15)16)9(10-13-3-4-19-10)8(12(17)18)6(2)14-5/h3-4,7,9H,1-2H3,(H,15,16)(H,17,18). The smallest absolute Gasteiger partial charge is 0.334 e. The molecule has 0 bridgehead atoms. The average molecular weight is 280 g/mol. The molecule has 0 aromatic carbocycles. The summed E-state index contributed by atoms with van der Waals surface area (Å²) in [5.41, 5.74) is 0.742. The molecule has 0 radical (unpaired) electrons. The SMILES string of the molecule is CC1=NC(C)=C(C(=O)O)C(c2nccs2)C1C(=O)O. The van der Waals surface area contributed by atoms with Gasteiger partial charge in [0.2, 0.25) is 0 Å². The van der Waals surface area contributed by atoms with Crippen molar-refractivity contribution in [1.29, 1.82) is 0 Å². The number of aliphatic carboxylic acids is 2. The van der Waals surface area contributed by atoms with Crippen LogP contribution in [0.4, 0.5) is 0 Å². The van der Waals surface area contributed by atoms with E-state index in [9.17, 15) is 19.8 Å². The van der Waals surface area contributed by atoms with E-state index in [1.807, 2.05) is 0 Å². The fraction of sp³-hybridized carbons (Fsp3) is 0.333. The van der Waals surface area contributed by atoms with Gasteiger partial charge in [-0.2, -0.15) is 0 Å². The molecule has 2 atom stereocenters. The number of carbonyl (C=O) groups is 2. The second-order valence-electron chi connectivity index (χ2n) is 4.22. The van der Waals surface area contributed by atoms with Crippen molar-refractivity contribution >= 4 is 29.0 Å². The third-order valence-corrected chi connectivity index (χ3v) is 3.90. The molecular formula is C12H12N2O4S. The molecule has 7 heteroatoms. The first kappa shape index (κ1) is 13.4. The van der Waals surface area contributed by atoms with E-state index >= 15 is 0 Å². The minimum absolute atomic E-state index is 0.00736. The fourth-order valence-electron chi connectivity index (χ4n) is 2.29. The van der Waals surface area contributed by atoms with Crippen molar-refractivity contribution in [2.24, 2.45) is 10.9 Å². The second kappa shape index (κ2) is 4.93. The van der Waals surface area contributed by atoms with Crippen LogP contribution in [0.25, 0.3) is 0 Å². The third-order valence-electron chi connectivity index (χ3n) is 3.04. The van der Waals surface area contributed by atoms with Crippen LogP contribution in [-0.4, -0.2) is 32.8 Å². The Kier molecular flexibility index (Phi) is 3.48. The van der Waals surface area contributed by atoms with Gasteiger partial charge in [-0.1, -0.05) is 0 Å². The van der Waals surface area contributed by atoms with Gasteiger partial charge in [-0.15, -0.1) is 11.3 Å². The van der Waals surface area contributed by atoms with Crippen LogP contribution < -0.4 is 0 Å². The molecule has 1 aromatic rings. The van der Waals surface area contributed by atoms with E-state index in [1.165, 1.54) is 17.5 Å². The molecule has 0 fully saturated rings. The molecule has 6 nitrogen and oxygen atoms in total. The molecule has 1 aliphatic rings. The quantitative estimate of drug-likeness (QED) is 0.878. The monoisotopic (exact) mass is 280 g/mol. The van der Waals surface area contributed by atoms with Gasteiger partial charge in [0.1, 0.15) is 10.9 Å². The minimum Gasteiger partial charge on any atom is -0.481 e. The summed E-state index contributed by atoms with van der Waals surface area (Å²) in [5.74, 6) is -4.01. The first-order chi connectivity index (χ1) is 8.93. The first-order valence-corrected chi connectivity index (χ1v) is 6.43. The predicted octanol–water partition coefficient (Wildman–Crippen LogP) is 1.76. The summed E-state index contributed by atoms with van der Waals surface area (Å²) in [7, 11) is 0. The van der Waals surface area contributed by atoms with Gasteiger partial charge in [-0.05, 0) is 13.8 Å². The van der Waals surface area contributed by atoms with Gasteiger partial charge < -0.3 is 10.2 Å². The van der Waals surface area contributed by atoms with E-state index in [2.05, 4.69) is 9.98 Å². The van der Waals surface area contributed by atoms with Crippen molar-refractivity contribution in [1.82, 2.24) is 4.98 Å². The Morgan fingerprint density at radius 3 is 2.47 bits per heavy atom. The highest BCUT2D eigenvalue weighted by Gasteiger charge is 2.42. The molecular weight excluding hydrogens is 268 g/mol. The zero-order chi connectivity index (χ0) is 14.2. The van der Waals surface area contributed by atoms with Gasteiger partial charge in [0.25, 0.3) is 0 Å². The van der Waals surface area contributed by atoms with Crippen LogP contribution in [0.1, 0.15) is 24.8 Å². The Bertz CT molecular complexity index is 589. The van der Waals surface area contributed by atoms with E-state index in [0.717, 1.165) is 0 Å². The lowest BCUT2D eigenvalue weighted by molar-refractivity contribution is -0.140. The molecule has 2 heterocycles. The molecule has 0 saturated carbocycles. The van der Waals surface area contributed by atoms with Crippen LogP contribution in [0.3, 0.4) is 0 Å². The lowest BCUT2D eigenvalue weighted by Crippen LogP contribution is -2.34. The molecule has 0 aliphatic carbocycles. The van der Waals surface area contributed by atoms with E-state index < -0.39 is 23.8 Å². The zero-order valence-electron chi connectivity index (χ0n) is 10.3. The lowest BCUT2D eigenvalue weighted by Gasteiger charge is -2.27. The normalized spacial score (nSPS) is 23.2. The van der Waals surface area contributed by atoms with Crippen LogP contribution in [0.15, 0.2) is 27.8 Å². The van der Waals surface area contributed by atoms with Gasteiger partial charge >= 0.3 is 11.9 Å². The van der Waals surface area contributed by atoms with Crippen molar-refractivity contribution in [3.63, 3.8) is 0 Å². The topological polar surface area (TPSA) is 99.9 Å². The van der Waals surface area contributed by atoms with Gasteiger partial charge in [-0.3, -0.25) is 9.79 Å². The summed E-state index contributed by atoms with van der Waals surface area (Å²) in [5, 5.41) is 20.8. The first-order valence-electron chi connectivity index (χ1n) is 5.55. The van der Waals surface area contributed by atoms with Crippen molar-refractivity contribution < 1.29 is 19.8 Å².